The molecule has 0 unspecified atom stereocenters. The van der Waals surface area contributed by atoms with Crippen molar-refractivity contribution < 1.29 is 9.13 Å². The van der Waals surface area contributed by atoms with Crippen LogP contribution in [0.1, 0.15) is 5.56 Å². The first-order valence-electron chi connectivity index (χ1n) is 12.4. The minimum Gasteiger partial charge on any atom is -0.487 e. The Balaban J connectivity index is 1.24. The predicted octanol–water partition coefficient (Wildman–Crippen LogP) is 6.95. The minimum absolute atomic E-state index is 0.271. The van der Waals surface area contributed by atoms with Crippen LogP contribution in [-0.2, 0) is 6.61 Å². The molecule has 5 aromatic heterocycles. The van der Waals surface area contributed by atoms with E-state index in [1.54, 1.807) is 30.7 Å². The van der Waals surface area contributed by atoms with Gasteiger partial charge in [-0.25, -0.2) is 14.4 Å². The Labute approximate surface area is 222 Å². The molecule has 0 atom stereocenters. The van der Waals surface area contributed by atoms with Crippen LogP contribution in [0.25, 0.3) is 55.8 Å². The van der Waals surface area contributed by atoms with Gasteiger partial charge in [-0.2, -0.15) is 5.10 Å². The van der Waals surface area contributed by atoms with E-state index in [9.17, 15) is 4.39 Å². The second kappa shape index (κ2) is 9.50. The molecule has 2 N–H and O–H groups in total. The van der Waals surface area contributed by atoms with E-state index in [-0.39, 0.29) is 5.82 Å². The molecule has 7 rings (SSSR count). The van der Waals surface area contributed by atoms with Crippen LogP contribution in [0, 0.1) is 5.82 Å². The fourth-order valence-corrected chi connectivity index (χ4v) is 4.66. The Morgan fingerprint density at radius 2 is 1.72 bits per heavy atom. The second-order valence-corrected chi connectivity index (χ2v) is 9.16. The standard InChI is InChI=1S/C31H21FN6O/c32-22-8-6-20(7-9-22)24-12-13-34-31-25(24)15-28(36-31)30-29-27(37-38-30)11-10-26(35-29)21-14-23(17-33-16-21)39-18-19-4-2-1-3-5-19/h1-17H,18H2,(H,34,36)(H,37,38). The summed E-state index contributed by atoms with van der Waals surface area (Å²) in [4.78, 5) is 17.2. The highest BCUT2D eigenvalue weighted by Gasteiger charge is 2.16. The zero-order chi connectivity index (χ0) is 26.2. The average Bonchev–Trinajstić information content (AvgIpc) is 3.61. The molecule has 39 heavy (non-hydrogen) atoms. The normalized spacial score (nSPS) is 11.3. The maximum atomic E-state index is 13.5. The van der Waals surface area contributed by atoms with Gasteiger partial charge in [-0.05, 0) is 59.2 Å². The molecule has 188 valence electrons. The quantitative estimate of drug-likeness (QED) is 0.252. The molecule has 2 aromatic carbocycles. The van der Waals surface area contributed by atoms with E-state index < -0.39 is 0 Å². The van der Waals surface area contributed by atoms with E-state index in [0.29, 0.717) is 23.7 Å². The molecule has 0 aliphatic heterocycles. The molecule has 0 saturated carbocycles. The summed E-state index contributed by atoms with van der Waals surface area (Å²) in [6.07, 6.45) is 5.20. The third kappa shape index (κ3) is 4.38. The Morgan fingerprint density at radius 1 is 0.846 bits per heavy atom. The van der Waals surface area contributed by atoms with Gasteiger partial charge in [0.25, 0.3) is 0 Å². The van der Waals surface area contributed by atoms with Crippen molar-refractivity contribution in [1.29, 1.82) is 0 Å². The number of halogens is 1. The molecule has 0 aliphatic carbocycles. The molecule has 0 fully saturated rings. The summed E-state index contributed by atoms with van der Waals surface area (Å²) < 4.78 is 19.5. The molecule has 8 heteroatoms. The number of nitrogens with zero attached hydrogens (tertiary/aromatic N) is 4. The third-order valence-electron chi connectivity index (χ3n) is 6.61. The van der Waals surface area contributed by atoms with E-state index in [0.717, 1.165) is 50.1 Å². The van der Waals surface area contributed by atoms with Crippen molar-refractivity contribution in [3.63, 3.8) is 0 Å². The largest absolute Gasteiger partial charge is 0.487 e. The molecule has 7 nitrogen and oxygen atoms in total. The maximum absolute atomic E-state index is 13.5. The Hall–Kier alpha value is -5.37. The fraction of sp³-hybridized carbons (Fsp3) is 0.0323. The van der Waals surface area contributed by atoms with Crippen LogP contribution in [0.5, 0.6) is 5.75 Å². The van der Waals surface area contributed by atoms with Crippen molar-refractivity contribution in [2.24, 2.45) is 0 Å². The molecule has 0 spiro atoms. The predicted molar refractivity (Wildman–Crippen MR) is 148 cm³/mol. The molecular weight excluding hydrogens is 491 g/mol. The number of nitrogens with one attached hydrogen (secondary N) is 2. The topological polar surface area (TPSA) is 92.4 Å². The van der Waals surface area contributed by atoms with Gasteiger partial charge < -0.3 is 9.72 Å². The molecule has 0 amide bonds. The van der Waals surface area contributed by atoms with Crippen LogP contribution in [0.3, 0.4) is 0 Å². The zero-order valence-electron chi connectivity index (χ0n) is 20.6. The summed E-state index contributed by atoms with van der Waals surface area (Å²) >= 11 is 0. The summed E-state index contributed by atoms with van der Waals surface area (Å²) in [7, 11) is 0. The van der Waals surface area contributed by atoms with Gasteiger partial charge in [0.2, 0.25) is 0 Å². The summed E-state index contributed by atoms with van der Waals surface area (Å²) in [5.41, 5.74) is 8.24. The Bertz CT molecular complexity index is 1930. The van der Waals surface area contributed by atoms with Crippen LogP contribution in [0.15, 0.2) is 104 Å². The highest BCUT2D eigenvalue weighted by molar-refractivity contribution is 5.99. The first kappa shape index (κ1) is 22.8. The molecule has 0 bridgehead atoms. The molecule has 5 heterocycles. The highest BCUT2D eigenvalue weighted by Crippen LogP contribution is 2.33. The number of rotatable bonds is 6. The number of hydrogen-bond donors (Lipinski definition) is 2. The minimum atomic E-state index is -0.271. The summed E-state index contributed by atoms with van der Waals surface area (Å²) in [5.74, 6) is 0.396. The smallest absolute Gasteiger partial charge is 0.138 e. The number of H-pyrrole nitrogens is 2. The lowest BCUT2D eigenvalue weighted by atomic mass is 10.0. The molecule has 0 aliphatic rings. The number of pyridine rings is 3. The lowest BCUT2D eigenvalue weighted by Gasteiger charge is -2.08. The summed E-state index contributed by atoms with van der Waals surface area (Å²) in [6, 6.07) is 26.2. The number of benzene rings is 2. The van der Waals surface area contributed by atoms with Gasteiger partial charge in [0.05, 0.1) is 23.1 Å². The number of aromatic amines is 2. The van der Waals surface area contributed by atoms with Crippen molar-refractivity contribution in [2.45, 2.75) is 6.61 Å². The number of fused-ring (bicyclic) bond motifs is 2. The lowest BCUT2D eigenvalue weighted by Crippen LogP contribution is -1.96. The van der Waals surface area contributed by atoms with E-state index in [2.05, 4.69) is 25.1 Å². The van der Waals surface area contributed by atoms with Crippen molar-refractivity contribution >= 4 is 22.1 Å². The number of hydrogen-bond acceptors (Lipinski definition) is 5. The van der Waals surface area contributed by atoms with Gasteiger partial charge in [0, 0.05) is 23.3 Å². The lowest BCUT2D eigenvalue weighted by molar-refractivity contribution is 0.305. The molecular formula is C31H21FN6O. The fourth-order valence-electron chi connectivity index (χ4n) is 4.66. The number of ether oxygens (including phenoxy) is 1. The zero-order valence-corrected chi connectivity index (χ0v) is 20.6. The van der Waals surface area contributed by atoms with Crippen LogP contribution < -0.4 is 4.74 Å². The van der Waals surface area contributed by atoms with Gasteiger partial charge in [0.1, 0.15) is 35.0 Å². The molecule has 0 saturated heterocycles. The van der Waals surface area contributed by atoms with Gasteiger partial charge >= 0.3 is 0 Å². The van der Waals surface area contributed by atoms with E-state index in [1.165, 1.54) is 12.1 Å². The summed E-state index contributed by atoms with van der Waals surface area (Å²) in [5, 5.41) is 8.55. The van der Waals surface area contributed by atoms with Gasteiger partial charge in [-0.1, -0.05) is 42.5 Å². The van der Waals surface area contributed by atoms with Crippen LogP contribution in [0.4, 0.5) is 4.39 Å². The highest BCUT2D eigenvalue weighted by atomic mass is 19.1. The van der Waals surface area contributed by atoms with Crippen molar-refractivity contribution in [2.75, 3.05) is 0 Å². The van der Waals surface area contributed by atoms with Crippen LogP contribution in [-0.4, -0.2) is 30.1 Å². The third-order valence-corrected chi connectivity index (χ3v) is 6.61. The van der Waals surface area contributed by atoms with Crippen LogP contribution >= 0.6 is 0 Å². The second-order valence-electron chi connectivity index (χ2n) is 9.16. The number of aromatic nitrogens is 6. The van der Waals surface area contributed by atoms with E-state index in [4.69, 9.17) is 9.72 Å². The van der Waals surface area contributed by atoms with Crippen LogP contribution in [0.2, 0.25) is 0 Å². The molecule has 0 radical (unpaired) electrons. The van der Waals surface area contributed by atoms with Crippen molar-refractivity contribution in [3.05, 3.63) is 115 Å². The Kier molecular flexibility index (Phi) is 5.55. The first-order valence-corrected chi connectivity index (χ1v) is 12.4. The van der Waals surface area contributed by atoms with Gasteiger partial charge in [-0.15, -0.1) is 0 Å². The molecule has 7 aromatic rings. The SMILES string of the molecule is Fc1ccc(-c2ccnc3[nH]c(-c4n[nH]c5ccc(-c6cncc(OCc7ccccc7)c6)nc45)cc23)cc1. The average molecular weight is 513 g/mol. The first-order chi connectivity index (χ1) is 19.2. The van der Waals surface area contributed by atoms with Gasteiger partial charge in [0.15, 0.2) is 0 Å². The maximum Gasteiger partial charge on any atom is 0.138 e. The van der Waals surface area contributed by atoms with E-state index in [1.807, 2.05) is 60.7 Å². The summed E-state index contributed by atoms with van der Waals surface area (Å²) in [6.45, 7) is 0.457. The van der Waals surface area contributed by atoms with Crippen molar-refractivity contribution in [3.8, 4) is 39.5 Å². The van der Waals surface area contributed by atoms with Crippen molar-refractivity contribution in [1.82, 2.24) is 30.1 Å². The Morgan fingerprint density at radius 3 is 2.59 bits per heavy atom. The van der Waals surface area contributed by atoms with E-state index >= 15 is 0 Å². The van der Waals surface area contributed by atoms with Gasteiger partial charge in [-0.3, -0.25) is 10.1 Å². The monoisotopic (exact) mass is 512 g/mol.